The minimum atomic E-state index is 0.196. The molecule has 0 saturated heterocycles. The molecule has 0 aliphatic rings. The maximum absolute atomic E-state index is 5.31. The molecule has 0 aromatic heterocycles. The number of fused-ring (bicyclic) bond motifs is 1. The Labute approximate surface area is 103 Å². The van der Waals surface area contributed by atoms with Crippen molar-refractivity contribution in [1.82, 2.24) is 0 Å². The number of hydrogen-bond donors (Lipinski definition) is 1. The Morgan fingerprint density at radius 2 is 1.71 bits per heavy atom. The van der Waals surface area contributed by atoms with Crippen molar-refractivity contribution in [2.45, 2.75) is 26.0 Å². The second kappa shape index (κ2) is 5.19. The average Bonchev–Trinajstić information content (AvgIpc) is 2.37. The fourth-order valence-corrected chi connectivity index (χ4v) is 1.86. The van der Waals surface area contributed by atoms with Gasteiger partial charge in [-0.05, 0) is 36.8 Å². The van der Waals surface area contributed by atoms with Crippen LogP contribution in [0.3, 0.4) is 0 Å². The van der Waals surface area contributed by atoms with Crippen molar-refractivity contribution >= 4 is 16.5 Å². The van der Waals surface area contributed by atoms with Crippen molar-refractivity contribution in [1.29, 1.82) is 0 Å². The van der Waals surface area contributed by atoms with E-state index < -0.39 is 0 Å². The molecule has 2 nitrogen and oxygen atoms in total. The van der Waals surface area contributed by atoms with Crippen LogP contribution in [-0.4, -0.2) is 19.3 Å². The molecule has 90 valence electrons. The van der Waals surface area contributed by atoms with E-state index in [1.54, 1.807) is 7.11 Å². The van der Waals surface area contributed by atoms with E-state index in [4.69, 9.17) is 4.74 Å². The van der Waals surface area contributed by atoms with Gasteiger partial charge in [0.2, 0.25) is 0 Å². The molecule has 0 aliphatic heterocycles. The van der Waals surface area contributed by atoms with Crippen LogP contribution in [0.2, 0.25) is 0 Å². The van der Waals surface area contributed by atoms with Crippen LogP contribution < -0.4 is 5.32 Å². The molecule has 1 N–H and O–H groups in total. The lowest BCUT2D eigenvalue weighted by molar-refractivity contribution is 0.106. The fourth-order valence-electron chi connectivity index (χ4n) is 1.86. The van der Waals surface area contributed by atoms with Crippen LogP contribution in [-0.2, 0) is 4.74 Å². The number of benzene rings is 2. The van der Waals surface area contributed by atoms with E-state index in [9.17, 15) is 0 Å². The van der Waals surface area contributed by atoms with Gasteiger partial charge in [0.25, 0.3) is 0 Å². The molecule has 2 heteroatoms. The summed E-state index contributed by atoms with van der Waals surface area (Å²) in [6.45, 7) is 4.20. The predicted molar refractivity (Wildman–Crippen MR) is 73.5 cm³/mol. The van der Waals surface area contributed by atoms with Gasteiger partial charge in [0.1, 0.15) is 0 Å². The second-order valence-corrected chi connectivity index (χ2v) is 4.44. The number of methoxy groups -OCH3 is 1. The summed E-state index contributed by atoms with van der Waals surface area (Å²) < 4.78 is 5.31. The van der Waals surface area contributed by atoms with Crippen molar-refractivity contribution < 1.29 is 4.74 Å². The molecule has 17 heavy (non-hydrogen) atoms. The Morgan fingerprint density at radius 3 is 2.41 bits per heavy atom. The average molecular weight is 229 g/mol. The fraction of sp³-hybridized carbons (Fsp3) is 0.333. The van der Waals surface area contributed by atoms with Crippen molar-refractivity contribution in [3.63, 3.8) is 0 Å². The monoisotopic (exact) mass is 229 g/mol. The predicted octanol–water partition coefficient (Wildman–Crippen LogP) is 3.68. The standard InChI is InChI=1S/C15H19NO/c1-11(12(2)17-3)16-15-9-8-13-6-4-5-7-14(13)10-15/h4-12,16H,1-3H3. The Hall–Kier alpha value is -1.54. The van der Waals surface area contributed by atoms with Crippen molar-refractivity contribution in [3.8, 4) is 0 Å². The van der Waals surface area contributed by atoms with Gasteiger partial charge >= 0.3 is 0 Å². The molecular formula is C15H19NO. The number of anilines is 1. The minimum absolute atomic E-state index is 0.196. The van der Waals surface area contributed by atoms with Crippen LogP contribution in [0, 0.1) is 0 Å². The minimum Gasteiger partial charge on any atom is -0.380 e. The lowest BCUT2D eigenvalue weighted by Gasteiger charge is -2.21. The van der Waals surface area contributed by atoms with Crippen LogP contribution in [0.1, 0.15) is 13.8 Å². The first kappa shape index (κ1) is 11.9. The largest absolute Gasteiger partial charge is 0.380 e. The van der Waals surface area contributed by atoms with Gasteiger partial charge in [-0.15, -0.1) is 0 Å². The van der Waals surface area contributed by atoms with Gasteiger partial charge in [-0.25, -0.2) is 0 Å². The molecule has 2 aromatic rings. The highest BCUT2D eigenvalue weighted by Gasteiger charge is 2.10. The summed E-state index contributed by atoms with van der Waals surface area (Å²) in [4.78, 5) is 0. The summed E-state index contributed by atoms with van der Waals surface area (Å²) in [6.07, 6.45) is 0.196. The third-order valence-corrected chi connectivity index (χ3v) is 3.22. The van der Waals surface area contributed by atoms with Crippen LogP contribution >= 0.6 is 0 Å². The van der Waals surface area contributed by atoms with E-state index in [-0.39, 0.29) is 6.10 Å². The molecule has 0 aliphatic carbocycles. The van der Waals surface area contributed by atoms with Crippen molar-refractivity contribution in [3.05, 3.63) is 42.5 Å². The molecule has 0 radical (unpaired) electrons. The van der Waals surface area contributed by atoms with E-state index >= 15 is 0 Å². The molecule has 0 bridgehead atoms. The van der Waals surface area contributed by atoms with Crippen molar-refractivity contribution in [2.24, 2.45) is 0 Å². The molecule has 0 fully saturated rings. The third kappa shape index (κ3) is 2.77. The van der Waals surface area contributed by atoms with E-state index in [1.807, 2.05) is 0 Å². The van der Waals surface area contributed by atoms with Crippen LogP contribution in [0.4, 0.5) is 5.69 Å². The lowest BCUT2D eigenvalue weighted by Crippen LogP contribution is -2.29. The topological polar surface area (TPSA) is 21.3 Å². The second-order valence-electron chi connectivity index (χ2n) is 4.44. The first-order valence-electron chi connectivity index (χ1n) is 5.99. The SMILES string of the molecule is COC(C)C(C)Nc1ccc2ccccc2c1. The van der Waals surface area contributed by atoms with E-state index in [0.29, 0.717) is 6.04 Å². The van der Waals surface area contributed by atoms with Crippen LogP contribution in [0.25, 0.3) is 10.8 Å². The summed E-state index contributed by atoms with van der Waals surface area (Å²) in [5.74, 6) is 0. The Morgan fingerprint density at radius 1 is 1.00 bits per heavy atom. The molecular weight excluding hydrogens is 210 g/mol. The first-order chi connectivity index (χ1) is 8.20. The first-order valence-corrected chi connectivity index (χ1v) is 5.99. The molecule has 0 spiro atoms. The van der Waals surface area contributed by atoms with E-state index in [1.165, 1.54) is 10.8 Å². The third-order valence-electron chi connectivity index (χ3n) is 3.22. The Kier molecular flexibility index (Phi) is 3.64. The van der Waals surface area contributed by atoms with Gasteiger partial charge in [-0.2, -0.15) is 0 Å². The summed E-state index contributed by atoms with van der Waals surface area (Å²) in [6, 6.07) is 15.1. The van der Waals surface area contributed by atoms with Gasteiger partial charge in [-0.3, -0.25) is 0 Å². The molecule has 2 atom stereocenters. The van der Waals surface area contributed by atoms with E-state index in [0.717, 1.165) is 5.69 Å². The number of ether oxygens (including phenoxy) is 1. The Balaban J connectivity index is 2.19. The zero-order chi connectivity index (χ0) is 12.3. The molecule has 0 amide bonds. The summed E-state index contributed by atoms with van der Waals surface area (Å²) in [7, 11) is 1.74. The van der Waals surface area contributed by atoms with Crippen LogP contribution in [0.15, 0.2) is 42.5 Å². The van der Waals surface area contributed by atoms with Gasteiger partial charge < -0.3 is 10.1 Å². The molecule has 0 saturated carbocycles. The highest BCUT2D eigenvalue weighted by atomic mass is 16.5. The zero-order valence-corrected chi connectivity index (χ0v) is 10.6. The molecule has 2 unspecified atom stereocenters. The number of nitrogens with one attached hydrogen (secondary N) is 1. The summed E-state index contributed by atoms with van der Waals surface area (Å²) in [5, 5.41) is 5.99. The van der Waals surface area contributed by atoms with Crippen molar-refractivity contribution in [2.75, 3.05) is 12.4 Å². The number of hydrogen-bond acceptors (Lipinski definition) is 2. The molecule has 2 rings (SSSR count). The normalized spacial score (nSPS) is 14.5. The number of rotatable bonds is 4. The quantitative estimate of drug-likeness (QED) is 0.863. The van der Waals surface area contributed by atoms with Gasteiger partial charge in [0.05, 0.1) is 6.10 Å². The smallest absolute Gasteiger partial charge is 0.0741 e. The van der Waals surface area contributed by atoms with E-state index in [2.05, 4.69) is 61.6 Å². The van der Waals surface area contributed by atoms with Gasteiger partial charge in [0.15, 0.2) is 0 Å². The molecule has 2 aromatic carbocycles. The maximum Gasteiger partial charge on any atom is 0.0741 e. The Bertz CT molecular complexity index is 495. The molecule has 0 heterocycles. The zero-order valence-electron chi connectivity index (χ0n) is 10.6. The van der Waals surface area contributed by atoms with Crippen LogP contribution in [0.5, 0.6) is 0 Å². The highest BCUT2D eigenvalue weighted by molar-refractivity contribution is 5.85. The lowest BCUT2D eigenvalue weighted by atomic mass is 10.1. The summed E-state index contributed by atoms with van der Waals surface area (Å²) >= 11 is 0. The summed E-state index contributed by atoms with van der Waals surface area (Å²) in [5.41, 5.74) is 1.14. The highest BCUT2D eigenvalue weighted by Crippen LogP contribution is 2.19. The van der Waals surface area contributed by atoms with Gasteiger partial charge in [0, 0.05) is 18.8 Å². The maximum atomic E-state index is 5.31. The van der Waals surface area contributed by atoms with Gasteiger partial charge in [-0.1, -0.05) is 30.3 Å².